The van der Waals surface area contributed by atoms with E-state index in [1.54, 1.807) is 6.92 Å². The molecule has 1 rings (SSSR count). The van der Waals surface area contributed by atoms with Crippen LogP contribution in [0.1, 0.15) is 15.9 Å². The smallest absolute Gasteiger partial charge is 0.507 e. The summed E-state index contributed by atoms with van der Waals surface area (Å²) in [6.07, 6.45) is -0.988. The Morgan fingerprint density at radius 3 is 2.35 bits per heavy atom. The predicted molar refractivity (Wildman–Crippen MR) is 57.2 cm³/mol. The SMILES string of the molecule is COC(=O)Oc1ccc(C)c(O)c1C(=O)OC. The molecule has 17 heavy (non-hydrogen) atoms. The highest BCUT2D eigenvalue weighted by molar-refractivity contribution is 5.96. The van der Waals surface area contributed by atoms with Gasteiger partial charge in [-0.25, -0.2) is 9.59 Å². The van der Waals surface area contributed by atoms with Gasteiger partial charge in [0.25, 0.3) is 0 Å². The summed E-state index contributed by atoms with van der Waals surface area (Å²) in [7, 11) is 2.29. The second-order valence-corrected chi connectivity index (χ2v) is 3.15. The van der Waals surface area contributed by atoms with E-state index in [9.17, 15) is 14.7 Å². The van der Waals surface area contributed by atoms with Crippen LogP contribution in [0.25, 0.3) is 0 Å². The average molecular weight is 240 g/mol. The molecule has 0 atom stereocenters. The zero-order valence-electron chi connectivity index (χ0n) is 9.64. The number of phenols is 1. The fourth-order valence-electron chi connectivity index (χ4n) is 1.19. The summed E-state index contributed by atoms with van der Waals surface area (Å²) in [6.45, 7) is 1.60. The van der Waals surface area contributed by atoms with E-state index in [0.717, 1.165) is 14.2 Å². The van der Waals surface area contributed by atoms with Gasteiger partial charge in [-0.15, -0.1) is 0 Å². The van der Waals surface area contributed by atoms with Crippen molar-refractivity contribution < 1.29 is 28.9 Å². The van der Waals surface area contributed by atoms with E-state index in [1.165, 1.54) is 12.1 Å². The molecule has 0 bridgehead atoms. The molecule has 1 aromatic carbocycles. The molecular weight excluding hydrogens is 228 g/mol. The minimum absolute atomic E-state index is 0.119. The minimum atomic E-state index is -0.988. The van der Waals surface area contributed by atoms with Crippen LogP contribution >= 0.6 is 0 Å². The zero-order chi connectivity index (χ0) is 13.0. The summed E-state index contributed by atoms with van der Waals surface area (Å²) in [5, 5.41) is 9.73. The number of aryl methyl sites for hydroxylation is 1. The first kappa shape index (κ1) is 12.8. The number of carbonyl (C=O) groups is 2. The Balaban J connectivity index is 3.25. The summed E-state index contributed by atoms with van der Waals surface area (Å²) >= 11 is 0. The molecule has 0 saturated heterocycles. The Bertz CT molecular complexity index is 452. The van der Waals surface area contributed by atoms with Gasteiger partial charge in [0.15, 0.2) is 5.75 Å². The van der Waals surface area contributed by atoms with Crippen LogP contribution in [-0.2, 0) is 9.47 Å². The van der Waals surface area contributed by atoms with Crippen LogP contribution in [0, 0.1) is 6.92 Å². The van der Waals surface area contributed by atoms with Gasteiger partial charge in [0.1, 0.15) is 11.3 Å². The first-order valence-corrected chi connectivity index (χ1v) is 4.68. The van der Waals surface area contributed by atoms with E-state index in [1.807, 2.05) is 0 Å². The maximum atomic E-state index is 11.5. The average Bonchev–Trinajstić information content (AvgIpc) is 2.33. The molecule has 0 spiro atoms. The summed E-state index contributed by atoms with van der Waals surface area (Å²) < 4.78 is 13.5. The fourth-order valence-corrected chi connectivity index (χ4v) is 1.19. The van der Waals surface area contributed by atoms with Gasteiger partial charge in [-0.05, 0) is 18.6 Å². The fraction of sp³-hybridized carbons (Fsp3) is 0.273. The van der Waals surface area contributed by atoms with Crippen LogP contribution in [0.2, 0.25) is 0 Å². The summed E-state index contributed by atoms with van der Waals surface area (Å²) in [4.78, 5) is 22.4. The van der Waals surface area contributed by atoms with Gasteiger partial charge in [0, 0.05) is 0 Å². The number of hydrogen-bond donors (Lipinski definition) is 1. The molecule has 0 aliphatic heterocycles. The van der Waals surface area contributed by atoms with E-state index in [-0.39, 0.29) is 17.1 Å². The van der Waals surface area contributed by atoms with Crippen molar-refractivity contribution in [3.63, 3.8) is 0 Å². The van der Waals surface area contributed by atoms with Crippen LogP contribution in [0.15, 0.2) is 12.1 Å². The lowest BCUT2D eigenvalue weighted by Crippen LogP contribution is -2.12. The Labute approximate surface area is 97.7 Å². The van der Waals surface area contributed by atoms with Gasteiger partial charge in [-0.3, -0.25) is 0 Å². The number of rotatable bonds is 2. The molecule has 6 heteroatoms. The monoisotopic (exact) mass is 240 g/mol. The minimum Gasteiger partial charge on any atom is -0.507 e. The molecular formula is C11H12O6. The number of phenolic OH excluding ortho intramolecular Hbond substituents is 1. The second kappa shape index (κ2) is 5.20. The molecule has 0 unspecified atom stereocenters. The first-order chi connectivity index (χ1) is 8.01. The highest BCUT2D eigenvalue weighted by atomic mass is 16.7. The largest absolute Gasteiger partial charge is 0.513 e. The van der Waals surface area contributed by atoms with E-state index >= 15 is 0 Å². The maximum absolute atomic E-state index is 11.5. The lowest BCUT2D eigenvalue weighted by atomic mass is 10.1. The van der Waals surface area contributed by atoms with Gasteiger partial charge in [0.05, 0.1) is 14.2 Å². The van der Waals surface area contributed by atoms with Crippen LogP contribution in [0.4, 0.5) is 4.79 Å². The highest BCUT2D eigenvalue weighted by Crippen LogP contribution is 2.31. The Kier molecular flexibility index (Phi) is 3.92. The van der Waals surface area contributed by atoms with Gasteiger partial charge in [-0.2, -0.15) is 0 Å². The van der Waals surface area contributed by atoms with Crippen LogP contribution in [-0.4, -0.2) is 31.5 Å². The Morgan fingerprint density at radius 1 is 1.18 bits per heavy atom. The normalized spacial score (nSPS) is 9.59. The quantitative estimate of drug-likeness (QED) is 0.625. The maximum Gasteiger partial charge on any atom is 0.513 e. The Morgan fingerprint density at radius 2 is 1.82 bits per heavy atom. The third kappa shape index (κ3) is 2.66. The first-order valence-electron chi connectivity index (χ1n) is 4.68. The number of aromatic hydroxyl groups is 1. The van der Waals surface area contributed by atoms with Crippen molar-refractivity contribution in [1.82, 2.24) is 0 Å². The molecule has 0 aliphatic carbocycles. The number of benzene rings is 1. The van der Waals surface area contributed by atoms with Crippen LogP contribution in [0.5, 0.6) is 11.5 Å². The van der Waals surface area contributed by atoms with E-state index < -0.39 is 12.1 Å². The van der Waals surface area contributed by atoms with Crippen molar-refractivity contribution in [2.24, 2.45) is 0 Å². The van der Waals surface area contributed by atoms with Crippen molar-refractivity contribution in [2.75, 3.05) is 14.2 Å². The molecule has 0 saturated carbocycles. The zero-order valence-corrected chi connectivity index (χ0v) is 9.64. The molecule has 0 radical (unpaired) electrons. The van der Waals surface area contributed by atoms with Crippen molar-refractivity contribution in [2.45, 2.75) is 6.92 Å². The molecule has 92 valence electrons. The van der Waals surface area contributed by atoms with E-state index in [0.29, 0.717) is 5.56 Å². The molecule has 0 heterocycles. The second-order valence-electron chi connectivity index (χ2n) is 3.15. The van der Waals surface area contributed by atoms with Crippen LogP contribution in [0.3, 0.4) is 0 Å². The number of carbonyl (C=O) groups excluding carboxylic acids is 2. The molecule has 0 amide bonds. The van der Waals surface area contributed by atoms with Crippen molar-refractivity contribution in [3.05, 3.63) is 23.3 Å². The summed E-state index contributed by atoms with van der Waals surface area (Å²) in [6, 6.07) is 2.87. The number of hydrogen-bond acceptors (Lipinski definition) is 6. The molecule has 1 N–H and O–H groups in total. The molecule has 1 aromatic rings. The third-order valence-corrected chi connectivity index (χ3v) is 2.09. The molecule has 6 nitrogen and oxygen atoms in total. The van der Waals surface area contributed by atoms with Gasteiger partial charge in [0.2, 0.25) is 0 Å². The Hall–Kier alpha value is -2.24. The highest BCUT2D eigenvalue weighted by Gasteiger charge is 2.22. The third-order valence-electron chi connectivity index (χ3n) is 2.09. The number of esters is 1. The van der Waals surface area contributed by atoms with E-state index in [4.69, 9.17) is 4.74 Å². The summed E-state index contributed by atoms with van der Waals surface area (Å²) in [5.74, 6) is -1.21. The number of ether oxygens (including phenoxy) is 3. The molecule has 0 aliphatic rings. The lowest BCUT2D eigenvalue weighted by molar-refractivity contribution is 0.0592. The van der Waals surface area contributed by atoms with E-state index in [2.05, 4.69) is 9.47 Å². The van der Waals surface area contributed by atoms with Gasteiger partial charge < -0.3 is 19.3 Å². The van der Waals surface area contributed by atoms with Crippen molar-refractivity contribution in [1.29, 1.82) is 0 Å². The van der Waals surface area contributed by atoms with Gasteiger partial charge >= 0.3 is 12.1 Å². The van der Waals surface area contributed by atoms with Crippen molar-refractivity contribution in [3.8, 4) is 11.5 Å². The molecule has 0 aromatic heterocycles. The molecule has 0 fully saturated rings. The number of methoxy groups -OCH3 is 2. The topological polar surface area (TPSA) is 82.1 Å². The van der Waals surface area contributed by atoms with Crippen molar-refractivity contribution >= 4 is 12.1 Å². The summed E-state index contributed by atoms with van der Waals surface area (Å²) in [5.41, 5.74) is 0.250. The van der Waals surface area contributed by atoms with Crippen LogP contribution < -0.4 is 4.74 Å². The standard InChI is InChI=1S/C11H12O6/c1-6-4-5-7(17-11(14)16-3)8(9(6)12)10(13)15-2/h4-5,12H,1-3H3. The predicted octanol–water partition coefficient (Wildman–Crippen LogP) is 1.63. The van der Waals surface area contributed by atoms with Gasteiger partial charge in [-0.1, -0.05) is 6.07 Å². The lowest BCUT2D eigenvalue weighted by Gasteiger charge is -2.10.